The molecule has 0 aliphatic carbocycles. The molecule has 3 aliphatic heterocycles. The molecule has 1 aromatic heterocycles. The fraction of sp³-hybridized carbons (Fsp3) is 0.542. The van der Waals surface area contributed by atoms with Gasteiger partial charge in [-0.25, -0.2) is 4.79 Å². The topological polar surface area (TPSA) is 82.9 Å². The molecule has 3 saturated heterocycles. The molecule has 2 aromatic rings. The lowest BCUT2D eigenvalue weighted by atomic mass is 10.0. The van der Waals surface area contributed by atoms with E-state index in [1.807, 2.05) is 0 Å². The fourth-order valence-electron chi connectivity index (χ4n) is 5.31. The highest BCUT2D eigenvalue weighted by molar-refractivity contribution is 5.89. The van der Waals surface area contributed by atoms with Crippen molar-refractivity contribution in [1.29, 1.82) is 0 Å². The van der Waals surface area contributed by atoms with Gasteiger partial charge < -0.3 is 19.9 Å². The van der Waals surface area contributed by atoms with Crippen molar-refractivity contribution in [1.82, 2.24) is 19.6 Å². The SMILES string of the molecule is CC(=O)Nc1cnn(C(=O)N2CCN(Cc3ccc(C(F)(F)F)cc3N3C4CCC3COC4)CC2)c1. The van der Waals surface area contributed by atoms with Gasteiger partial charge in [-0.05, 0) is 30.5 Å². The number of alkyl halides is 3. The monoisotopic (exact) mass is 506 g/mol. The van der Waals surface area contributed by atoms with Gasteiger partial charge in [0.05, 0.1) is 48.9 Å². The first-order valence-corrected chi connectivity index (χ1v) is 12.1. The Bertz CT molecular complexity index is 1110. The van der Waals surface area contributed by atoms with Crippen LogP contribution in [0.2, 0.25) is 0 Å². The van der Waals surface area contributed by atoms with E-state index in [9.17, 15) is 22.8 Å². The zero-order valence-corrected chi connectivity index (χ0v) is 20.0. The van der Waals surface area contributed by atoms with Crippen LogP contribution in [-0.2, 0) is 22.3 Å². The molecule has 36 heavy (non-hydrogen) atoms. The van der Waals surface area contributed by atoms with Gasteiger partial charge in [-0.1, -0.05) is 6.07 Å². The molecule has 2 unspecified atom stereocenters. The average molecular weight is 507 g/mol. The van der Waals surface area contributed by atoms with Crippen LogP contribution in [-0.4, -0.2) is 83.0 Å². The molecule has 12 heteroatoms. The van der Waals surface area contributed by atoms with Gasteiger partial charge in [-0.15, -0.1) is 0 Å². The molecule has 2 bridgehead atoms. The minimum Gasteiger partial charge on any atom is -0.377 e. The second-order valence-electron chi connectivity index (χ2n) is 9.57. The third kappa shape index (κ3) is 5.05. The van der Waals surface area contributed by atoms with Crippen molar-refractivity contribution in [3.8, 4) is 0 Å². The number of rotatable bonds is 4. The van der Waals surface area contributed by atoms with E-state index >= 15 is 0 Å². The molecule has 194 valence electrons. The molecule has 0 saturated carbocycles. The van der Waals surface area contributed by atoms with Crippen LogP contribution >= 0.6 is 0 Å². The molecular weight excluding hydrogens is 477 g/mol. The van der Waals surface area contributed by atoms with Crippen molar-refractivity contribution < 1.29 is 27.5 Å². The number of nitrogens with zero attached hydrogens (tertiary/aromatic N) is 5. The Morgan fingerprint density at radius 1 is 1.11 bits per heavy atom. The molecule has 5 rings (SSSR count). The lowest BCUT2D eigenvalue weighted by Crippen LogP contribution is -2.50. The molecule has 3 fully saturated rings. The third-order valence-corrected chi connectivity index (χ3v) is 7.07. The number of carbonyl (C=O) groups excluding carboxylic acids is 2. The number of benzene rings is 1. The summed E-state index contributed by atoms with van der Waals surface area (Å²) >= 11 is 0. The van der Waals surface area contributed by atoms with Crippen molar-refractivity contribution in [2.45, 2.75) is 44.6 Å². The standard InChI is InChI=1S/C24H29F3N6O3/c1-16(34)29-19-11-28-32(13-19)23(35)31-8-6-30(7-9-31)12-17-2-3-18(24(25,26)27)10-22(17)33-20-4-5-21(33)15-36-14-20/h2-3,10-11,13,20-21H,4-9,12,14-15H2,1H3,(H,29,34). The Balaban J connectivity index is 1.27. The van der Waals surface area contributed by atoms with E-state index < -0.39 is 11.7 Å². The number of fused-ring (bicyclic) bond motifs is 2. The minimum atomic E-state index is -4.41. The molecule has 2 amide bonds. The minimum absolute atomic E-state index is 0.0944. The number of nitrogens with one attached hydrogen (secondary N) is 1. The molecule has 3 aliphatic rings. The summed E-state index contributed by atoms with van der Waals surface area (Å²) in [4.78, 5) is 30.0. The lowest BCUT2D eigenvalue weighted by Gasteiger charge is -2.39. The number of aromatic nitrogens is 2. The smallest absolute Gasteiger partial charge is 0.377 e. The summed E-state index contributed by atoms with van der Waals surface area (Å²) < 4.78 is 47.5. The van der Waals surface area contributed by atoms with E-state index in [0.717, 1.165) is 24.5 Å². The number of morpholine rings is 1. The number of amides is 2. The van der Waals surface area contributed by atoms with Crippen LogP contribution in [0.4, 0.5) is 29.3 Å². The predicted octanol–water partition coefficient (Wildman–Crippen LogP) is 3.01. The second kappa shape index (κ2) is 9.74. The Kier molecular flexibility index (Phi) is 6.64. The zero-order valence-electron chi connectivity index (χ0n) is 20.0. The summed E-state index contributed by atoms with van der Waals surface area (Å²) in [5.41, 5.74) is 1.30. The highest BCUT2D eigenvalue weighted by atomic mass is 19.4. The van der Waals surface area contributed by atoms with Crippen molar-refractivity contribution in [3.63, 3.8) is 0 Å². The van der Waals surface area contributed by atoms with Crippen molar-refractivity contribution in [2.75, 3.05) is 49.6 Å². The van der Waals surface area contributed by atoms with Gasteiger partial charge in [-0.2, -0.15) is 23.0 Å². The van der Waals surface area contributed by atoms with Crippen LogP contribution in [0.3, 0.4) is 0 Å². The number of hydrogen-bond donors (Lipinski definition) is 1. The summed E-state index contributed by atoms with van der Waals surface area (Å²) in [6.07, 6.45) is 0.314. The number of halogens is 3. The van der Waals surface area contributed by atoms with Crippen LogP contribution in [0.15, 0.2) is 30.6 Å². The Hall–Kier alpha value is -3.12. The van der Waals surface area contributed by atoms with Gasteiger partial charge in [0.2, 0.25) is 5.91 Å². The molecular formula is C24H29F3N6O3. The van der Waals surface area contributed by atoms with Crippen molar-refractivity contribution >= 4 is 23.3 Å². The van der Waals surface area contributed by atoms with Gasteiger partial charge >= 0.3 is 12.2 Å². The van der Waals surface area contributed by atoms with Crippen LogP contribution in [0, 0.1) is 0 Å². The maximum Gasteiger partial charge on any atom is 0.416 e. The summed E-state index contributed by atoms with van der Waals surface area (Å²) in [6, 6.07) is 3.94. The first-order valence-electron chi connectivity index (χ1n) is 12.1. The summed E-state index contributed by atoms with van der Waals surface area (Å²) in [6.45, 7) is 5.04. The van der Waals surface area contributed by atoms with Gasteiger partial charge in [0.15, 0.2) is 0 Å². The van der Waals surface area contributed by atoms with Gasteiger partial charge in [0.25, 0.3) is 0 Å². The van der Waals surface area contributed by atoms with Crippen LogP contribution in [0.25, 0.3) is 0 Å². The Morgan fingerprint density at radius 2 is 1.81 bits per heavy atom. The number of piperazine rings is 1. The Labute approximate surface area is 206 Å². The normalized spacial score (nSPS) is 22.7. The number of hydrogen-bond acceptors (Lipinski definition) is 6. The highest BCUT2D eigenvalue weighted by Gasteiger charge is 2.40. The molecule has 2 atom stereocenters. The quantitative estimate of drug-likeness (QED) is 0.687. The fourth-order valence-corrected chi connectivity index (χ4v) is 5.31. The second-order valence-corrected chi connectivity index (χ2v) is 9.57. The average Bonchev–Trinajstić information content (AvgIpc) is 3.39. The first kappa shape index (κ1) is 24.6. The summed E-state index contributed by atoms with van der Waals surface area (Å²) in [5, 5.41) is 6.62. The molecule has 1 aromatic carbocycles. The van der Waals surface area contributed by atoms with Crippen LogP contribution < -0.4 is 10.2 Å². The third-order valence-electron chi connectivity index (χ3n) is 7.07. The number of anilines is 2. The van der Waals surface area contributed by atoms with E-state index in [4.69, 9.17) is 4.74 Å². The predicted molar refractivity (Wildman–Crippen MR) is 126 cm³/mol. The van der Waals surface area contributed by atoms with E-state index in [1.54, 1.807) is 11.0 Å². The number of ether oxygens (including phenoxy) is 1. The van der Waals surface area contributed by atoms with Crippen LogP contribution in [0.1, 0.15) is 30.9 Å². The first-order chi connectivity index (χ1) is 17.2. The highest BCUT2D eigenvalue weighted by Crippen LogP contribution is 2.40. The maximum absolute atomic E-state index is 13.5. The lowest BCUT2D eigenvalue weighted by molar-refractivity contribution is -0.137. The number of carbonyl (C=O) groups is 2. The molecule has 1 N–H and O–H groups in total. The van der Waals surface area contributed by atoms with Gasteiger partial charge in [-0.3, -0.25) is 9.69 Å². The molecule has 0 radical (unpaired) electrons. The molecule has 4 heterocycles. The Morgan fingerprint density at radius 3 is 2.44 bits per heavy atom. The van der Waals surface area contributed by atoms with E-state index in [2.05, 4.69) is 20.2 Å². The molecule has 0 spiro atoms. The maximum atomic E-state index is 13.5. The summed E-state index contributed by atoms with van der Waals surface area (Å²) in [5.74, 6) is -0.247. The molecule has 9 nitrogen and oxygen atoms in total. The van der Waals surface area contributed by atoms with Crippen molar-refractivity contribution in [2.24, 2.45) is 0 Å². The zero-order chi connectivity index (χ0) is 25.4. The largest absolute Gasteiger partial charge is 0.416 e. The van der Waals surface area contributed by atoms with Crippen molar-refractivity contribution in [3.05, 3.63) is 41.7 Å². The van der Waals surface area contributed by atoms with E-state index in [1.165, 1.54) is 30.1 Å². The summed E-state index contributed by atoms with van der Waals surface area (Å²) in [7, 11) is 0. The van der Waals surface area contributed by atoms with Crippen LogP contribution in [0.5, 0.6) is 0 Å². The van der Waals surface area contributed by atoms with E-state index in [-0.39, 0.29) is 24.0 Å². The van der Waals surface area contributed by atoms with Gasteiger partial charge in [0, 0.05) is 45.3 Å². The van der Waals surface area contributed by atoms with E-state index in [0.29, 0.717) is 57.3 Å². The van der Waals surface area contributed by atoms with Gasteiger partial charge in [0.1, 0.15) is 0 Å².